The Morgan fingerprint density at radius 1 is 1.24 bits per heavy atom. The highest BCUT2D eigenvalue weighted by atomic mass is 32.1. The highest BCUT2D eigenvalue weighted by molar-refractivity contribution is 7.74. The van der Waals surface area contributed by atoms with Crippen molar-refractivity contribution < 1.29 is 8.68 Å². The molecule has 0 unspecified atom stereocenters. The van der Waals surface area contributed by atoms with Crippen LogP contribution in [0.5, 0.6) is 0 Å². The van der Waals surface area contributed by atoms with Crippen LogP contribution in [0.2, 0.25) is 0 Å². The van der Waals surface area contributed by atoms with Crippen molar-refractivity contribution in [3.63, 3.8) is 0 Å². The number of nitrogens with two attached hydrogens (primary N) is 1. The average Bonchev–Trinajstić information content (AvgIpc) is 3.03. The second-order valence-electron chi connectivity index (χ2n) is 6.04. The maximum Gasteiger partial charge on any atom is 0.252 e. The molecule has 25 heavy (non-hydrogen) atoms. The van der Waals surface area contributed by atoms with E-state index in [0.29, 0.717) is 17.3 Å². The van der Waals surface area contributed by atoms with Gasteiger partial charge >= 0.3 is 0 Å². The fourth-order valence-corrected chi connectivity index (χ4v) is 2.78. The number of nitrogens with zero attached hydrogens (tertiary/aromatic N) is 2. The Balaban J connectivity index is 0.000000880. The lowest BCUT2D eigenvalue weighted by Gasteiger charge is -2.26. The Morgan fingerprint density at radius 3 is 2.72 bits per heavy atom. The number of hydrogen-bond acceptors (Lipinski definition) is 4. The number of pyridine rings is 1. The van der Waals surface area contributed by atoms with Gasteiger partial charge < -0.3 is 15.5 Å². The van der Waals surface area contributed by atoms with Gasteiger partial charge in [0.05, 0.1) is 11.3 Å². The van der Waals surface area contributed by atoms with Crippen molar-refractivity contribution in [2.24, 2.45) is 0 Å². The fraction of sp³-hybridized carbons (Fsp3) is 0.222. The summed E-state index contributed by atoms with van der Waals surface area (Å²) in [7, 11) is 0. The van der Waals surface area contributed by atoms with Gasteiger partial charge in [0.1, 0.15) is 5.65 Å². The number of benzene rings is 1. The molecule has 3 N–H and O–H groups in total. The van der Waals surface area contributed by atoms with Gasteiger partial charge in [-0.15, -0.1) is 0 Å². The van der Waals surface area contributed by atoms with E-state index < -0.39 is 0 Å². The largest absolute Gasteiger partial charge is 0.399 e. The highest BCUT2D eigenvalue weighted by Gasteiger charge is 2.20. The summed E-state index contributed by atoms with van der Waals surface area (Å²) in [6, 6.07) is 11.7. The molecule has 7 heteroatoms. The number of carbonyl (C=O) groups is 1. The quantitative estimate of drug-likeness (QED) is 0.494. The molecule has 0 saturated heterocycles. The molecule has 0 radical (unpaired) electrons. The van der Waals surface area contributed by atoms with Crippen LogP contribution in [-0.2, 0) is 0 Å². The van der Waals surface area contributed by atoms with Crippen molar-refractivity contribution in [2.45, 2.75) is 25.3 Å². The molecule has 1 aromatic carbocycles. The van der Waals surface area contributed by atoms with Crippen LogP contribution in [0.25, 0.3) is 16.9 Å². The molecule has 0 atom stereocenters. The number of thiol groups is 1. The monoisotopic (exact) mass is 358 g/mol. The third-order valence-electron chi connectivity index (χ3n) is 4.34. The third-order valence-corrected chi connectivity index (χ3v) is 4.34. The molecule has 2 heterocycles. The van der Waals surface area contributed by atoms with E-state index in [0.717, 1.165) is 29.7 Å². The van der Waals surface area contributed by atoms with Crippen molar-refractivity contribution in [1.82, 2.24) is 14.7 Å². The standard InChI is InChI=1S/C18H18N4O.FHS/c19-14-4-1-3-12(9-14)16-11-22-10-13(7-8-17(22)21-16)18(23)20-15-5-2-6-15;1-2/h1,3-4,7-11,15H,2,5-6,19H2,(H,20,23);2H. The summed E-state index contributed by atoms with van der Waals surface area (Å²) in [4.78, 5) is 16.8. The topological polar surface area (TPSA) is 72.4 Å². The molecular weight excluding hydrogens is 339 g/mol. The number of nitrogens with one attached hydrogen (secondary N) is 1. The molecule has 1 saturated carbocycles. The predicted octanol–water partition coefficient (Wildman–Crippen LogP) is 3.67. The molecule has 0 bridgehead atoms. The molecule has 1 aliphatic rings. The highest BCUT2D eigenvalue weighted by Crippen LogP contribution is 2.22. The minimum Gasteiger partial charge on any atom is -0.399 e. The number of imidazole rings is 1. The number of amides is 1. The van der Waals surface area contributed by atoms with Crippen LogP contribution < -0.4 is 11.1 Å². The van der Waals surface area contributed by atoms with Gasteiger partial charge in [-0.2, -0.15) is 3.89 Å². The number of rotatable bonds is 3. The van der Waals surface area contributed by atoms with E-state index in [4.69, 9.17) is 5.73 Å². The van der Waals surface area contributed by atoms with E-state index in [1.54, 1.807) is 0 Å². The summed E-state index contributed by atoms with van der Waals surface area (Å²) in [5, 5.41) is 3.05. The zero-order valence-corrected chi connectivity index (χ0v) is 14.4. The first-order valence-electron chi connectivity index (χ1n) is 8.01. The van der Waals surface area contributed by atoms with Crippen LogP contribution in [0.3, 0.4) is 0 Å². The Bertz CT molecular complexity index is 892. The maximum absolute atomic E-state index is 12.3. The number of hydrogen-bond donors (Lipinski definition) is 3. The SMILES string of the molecule is FS.Nc1cccc(-c2cn3cc(C(=O)NC4CCC4)ccc3n2)c1. The number of nitrogen functional groups attached to an aromatic ring is 1. The molecule has 1 amide bonds. The number of halogens is 1. The van der Waals surface area contributed by atoms with Crippen molar-refractivity contribution in [3.05, 3.63) is 54.4 Å². The van der Waals surface area contributed by atoms with E-state index in [1.807, 2.05) is 66.2 Å². The number of aromatic nitrogens is 2. The van der Waals surface area contributed by atoms with Crippen LogP contribution in [-0.4, -0.2) is 21.3 Å². The first kappa shape index (κ1) is 17.3. The lowest BCUT2D eigenvalue weighted by molar-refractivity contribution is 0.0916. The molecule has 2 aromatic heterocycles. The summed E-state index contributed by atoms with van der Waals surface area (Å²) < 4.78 is 11.1. The second kappa shape index (κ2) is 7.57. The average molecular weight is 358 g/mol. The molecule has 0 spiro atoms. The molecule has 1 fully saturated rings. The van der Waals surface area contributed by atoms with Gasteiger partial charge in [0.15, 0.2) is 0 Å². The van der Waals surface area contributed by atoms with Crippen LogP contribution in [0.15, 0.2) is 48.8 Å². The van der Waals surface area contributed by atoms with Crippen LogP contribution in [0.4, 0.5) is 9.57 Å². The lowest BCUT2D eigenvalue weighted by Crippen LogP contribution is -2.39. The fourth-order valence-electron chi connectivity index (χ4n) is 2.78. The Labute approximate surface area is 150 Å². The van der Waals surface area contributed by atoms with Crippen molar-refractivity contribution in [1.29, 1.82) is 0 Å². The van der Waals surface area contributed by atoms with Gasteiger partial charge in [-0.05, 0) is 43.5 Å². The summed E-state index contributed by atoms with van der Waals surface area (Å²) >= 11 is 2.03. The second-order valence-corrected chi connectivity index (χ2v) is 6.04. The number of anilines is 1. The first-order chi connectivity index (χ1) is 12.2. The molecule has 1 aliphatic carbocycles. The summed E-state index contributed by atoms with van der Waals surface area (Å²) in [5.74, 6) is -0.0178. The smallest absolute Gasteiger partial charge is 0.252 e. The van der Waals surface area contributed by atoms with Gasteiger partial charge in [0.25, 0.3) is 5.91 Å². The Kier molecular flexibility index (Phi) is 5.23. The van der Waals surface area contributed by atoms with Crippen molar-refractivity contribution in [2.75, 3.05) is 5.73 Å². The minimum atomic E-state index is -0.0178. The number of fused-ring (bicyclic) bond motifs is 1. The van der Waals surface area contributed by atoms with Crippen LogP contribution in [0, 0.1) is 0 Å². The summed E-state index contributed by atoms with van der Waals surface area (Å²) in [5.41, 5.74) is 9.81. The zero-order valence-electron chi connectivity index (χ0n) is 13.5. The van der Waals surface area contributed by atoms with E-state index in [9.17, 15) is 8.68 Å². The molecule has 130 valence electrons. The van der Waals surface area contributed by atoms with Gasteiger partial charge in [-0.3, -0.25) is 4.79 Å². The Morgan fingerprint density at radius 2 is 2.04 bits per heavy atom. The van der Waals surface area contributed by atoms with E-state index >= 15 is 0 Å². The molecular formula is C18H19FN4OS. The van der Waals surface area contributed by atoms with Crippen molar-refractivity contribution in [3.8, 4) is 11.3 Å². The Hall–Kier alpha value is -2.54. The van der Waals surface area contributed by atoms with Gasteiger partial charge in [0.2, 0.25) is 0 Å². The molecule has 4 rings (SSSR count). The molecule has 3 aromatic rings. The van der Waals surface area contributed by atoms with Gasteiger partial charge in [0, 0.05) is 42.7 Å². The summed E-state index contributed by atoms with van der Waals surface area (Å²) in [6.45, 7) is 0. The molecule has 5 nitrogen and oxygen atoms in total. The van der Waals surface area contributed by atoms with E-state index in [2.05, 4.69) is 10.3 Å². The minimum absolute atomic E-state index is 0.0178. The normalized spacial score (nSPS) is 13.7. The lowest BCUT2D eigenvalue weighted by atomic mass is 9.93. The first-order valence-corrected chi connectivity index (χ1v) is 8.35. The van der Waals surface area contributed by atoms with Crippen molar-refractivity contribution >= 4 is 30.3 Å². The zero-order chi connectivity index (χ0) is 17.8. The predicted molar refractivity (Wildman–Crippen MR) is 100 cm³/mol. The van der Waals surface area contributed by atoms with Crippen LogP contribution >= 0.6 is 13.0 Å². The third kappa shape index (κ3) is 3.76. The van der Waals surface area contributed by atoms with Gasteiger partial charge in [-0.1, -0.05) is 12.1 Å². The number of carbonyl (C=O) groups excluding carboxylic acids is 1. The van der Waals surface area contributed by atoms with Gasteiger partial charge in [-0.25, -0.2) is 4.98 Å². The molecule has 0 aliphatic heterocycles. The maximum atomic E-state index is 12.3. The van der Waals surface area contributed by atoms with E-state index in [-0.39, 0.29) is 5.91 Å². The summed E-state index contributed by atoms with van der Waals surface area (Å²) in [6.07, 6.45) is 7.11. The van der Waals surface area contributed by atoms with Crippen LogP contribution in [0.1, 0.15) is 29.6 Å². The van der Waals surface area contributed by atoms with E-state index in [1.165, 1.54) is 6.42 Å².